The summed E-state index contributed by atoms with van der Waals surface area (Å²) in [5, 5.41) is 0. The van der Waals surface area contributed by atoms with Crippen molar-refractivity contribution >= 4 is 18.3 Å². The lowest BCUT2D eigenvalue weighted by atomic mass is 9.80. The molecule has 0 aromatic heterocycles. The molecule has 0 spiro atoms. The fourth-order valence-corrected chi connectivity index (χ4v) is 4.72. The largest absolute Gasteiger partial charge is 0.370 e. The molecule has 1 fully saturated rings. The van der Waals surface area contributed by atoms with E-state index in [1.807, 2.05) is 0 Å². The Balaban J connectivity index is 1.82. The van der Waals surface area contributed by atoms with Crippen molar-refractivity contribution in [3.05, 3.63) is 29.8 Å². The van der Waals surface area contributed by atoms with E-state index in [0.717, 1.165) is 11.7 Å². The van der Waals surface area contributed by atoms with Crippen LogP contribution in [0.4, 0.5) is 5.69 Å². The van der Waals surface area contributed by atoms with Crippen LogP contribution in [0.1, 0.15) is 51.0 Å². The van der Waals surface area contributed by atoms with Gasteiger partial charge in [0.2, 0.25) is 0 Å². The Hall–Kier alpha value is -0.630. The minimum absolute atomic E-state index is 0.434. The number of thiol groups is 1. The van der Waals surface area contributed by atoms with Gasteiger partial charge in [-0.1, -0.05) is 50.8 Å². The van der Waals surface area contributed by atoms with E-state index in [1.165, 1.54) is 63.7 Å². The van der Waals surface area contributed by atoms with Crippen molar-refractivity contribution < 1.29 is 0 Å². The second kappa shape index (κ2) is 6.64. The summed E-state index contributed by atoms with van der Waals surface area (Å²) in [4.78, 5) is 2.67. The van der Waals surface area contributed by atoms with Crippen molar-refractivity contribution in [2.75, 3.05) is 23.7 Å². The van der Waals surface area contributed by atoms with Gasteiger partial charge >= 0.3 is 0 Å². The summed E-state index contributed by atoms with van der Waals surface area (Å²) in [7, 11) is 0. The average Bonchev–Trinajstić information content (AvgIpc) is 2.73. The molecule has 1 aromatic carbocycles. The lowest BCUT2D eigenvalue weighted by molar-refractivity contribution is 0.283. The standard InChI is InChI=1S/C19H29NS/c1-16-12-17-8-4-5-9-18(17)20(13-16)14-19(15-21)10-6-2-3-7-11-19/h4-5,8-9,16,21H,2-3,6-7,10-15H2,1H3. The average molecular weight is 304 g/mol. The van der Waals surface area contributed by atoms with Crippen LogP contribution in [-0.2, 0) is 6.42 Å². The highest BCUT2D eigenvalue weighted by Gasteiger charge is 2.34. The molecule has 2 heteroatoms. The molecule has 1 heterocycles. The number of hydrogen-bond donors (Lipinski definition) is 1. The van der Waals surface area contributed by atoms with Gasteiger partial charge in [0.1, 0.15) is 0 Å². The maximum Gasteiger partial charge on any atom is 0.0399 e. The van der Waals surface area contributed by atoms with E-state index in [9.17, 15) is 0 Å². The lowest BCUT2D eigenvalue weighted by Crippen LogP contribution is -2.43. The molecule has 1 aliphatic carbocycles. The van der Waals surface area contributed by atoms with Gasteiger partial charge in [-0.25, -0.2) is 0 Å². The summed E-state index contributed by atoms with van der Waals surface area (Å²) in [6, 6.07) is 9.03. The number of hydrogen-bond acceptors (Lipinski definition) is 2. The molecular formula is C19H29NS. The normalized spacial score (nSPS) is 25.2. The molecule has 116 valence electrons. The van der Waals surface area contributed by atoms with Crippen LogP contribution >= 0.6 is 12.6 Å². The maximum absolute atomic E-state index is 4.76. The van der Waals surface area contributed by atoms with E-state index in [0.29, 0.717) is 5.41 Å². The van der Waals surface area contributed by atoms with Crippen molar-refractivity contribution in [1.29, 1.82) is 0 Å². The van der Waals surface area contributed by atoms with Gasteiger partial charge < -0.3 is 4.90 Å². The minimum Gasteiger partial charge on any atom is -0.370 e. The van der Waals surface area contributed by atoms with Gasteiger partial charge in [0.15, 0.2) is 0 Å². The Labute approximate surface area is 135 Å². The van der Waals surface area contributed by atoms with Crippen molar-refractivity contribution in [2.45, 2.75) is 51.9 Å². The van der Waals surface area contributed by atoms with Crippen LogP contribution in [0.5, 0.6) is 0 Å². The molecule has 21 heavy (non-hydrogen) atoms. The van der Waals surface area contributed by atoms with Crippen LogP contribution in [-0.4, -0.2) is 18.8 Å². The molecule has 0 saturated heterocycles. The summed E-state index contributed by atoms with van der Waals surface area (Å²) < 4.78 is 0. The highest BCUT2D eigenvalue weighted by Crippen LogP contribution is 2.40. The quantitative estimate of drug-likeness (QED) is 0.610. The summed E-state index contributed by atoms with van der Waals surface area (Å²) in [5.41, 5.74) is 3.46. The maximum atomic E-state index is 4.76. The van der Waals surface area contributed by atoms with Crippen molar-refractivity contribution in [3.63, 3.8) is 0 Å². The summed E-state index contributed by atoms with van der Waals surface area (Å²) in [6.07, 6.45) is 9.59. The topological polar surface area (TPSA) is 3.24 Å². The summed E-state index contributed by atoms with van der Waals surface area (Å²) >= 11 is 4.76. The highest BCUT2D eigenvalue weighted by molar-refractivity contribution is 7.80. The van der Waals surface area contributed by atoms with E-state index in [-0.39, 0.29) is 0 Å². The second-order valence-electron chi connectivity index (χ2n) is 7.39. The molecule has 1 nitrogen and oxygen atoms in total. The SMILES string of the molecule is CC1Cc2ccccc2N(CC2(CS)CCCCCC2)C1. The molecule has 1 aromatic rings. The lowest BCUT2D eigenvalue weighted by Gasteiger charge is -2.42. The Bertz CT molecular complexity index is 462. The molecule has 3 rings (SSSR count). The summed E-state index contributed by atoms with van der Waals surface area (Å²) in [6.45, 7) is 4.81. The monoisotopic (exact) mass is 303 g/mol. The summed E-state index contributed by atoms with van der Waals surface area (Å²) in [5.74, 6) is 1.81. The third-order valence-corrected chi connectivity index (χ3v) is 6.13. The first-order valence-corrected chi connectivity index (χ1v) is 9.29. The Morgan fingerprint density at radius 3 is 2.57 bits per heavy atom. The van der Waals surface area contributed by atoms with Crippen LogP contribution < -0.4 is 4.90 Å². The smallest absolute Gasteiger partial charge is 0.0399 e. The van der Waals surface area contributed by atoms with Crippen LogP contribution in [0.25, 0.3) is 0 Å². The highest BCUT2D eigenvalue weighted by atomic mass is 32.1. The van der Waals surface area contributed by atoms with E-state index in [1.54, 1.807) is 5.56 Å². The molecule has 1 aliphatic heterocycles. The number of rotatable bonds is 3. The van der Waals surface area contributed by atoms with Gasteiger partial charge in [0, 0.05) is 18.8 Å². The number of benzene rings is 1. The molecular weight excluding hydrogens is 274 g/mol. The molecule has 1 unspecified atom stereocenters. The van der Waals surface area contributed by atoms with Gasteiger partial charge in [-0.3, -0.25) is 0 Å². The second-order valence-corrected chi connectivity index (χ2v) is 7.71. The number of fused-ring (bicyclic) bond motifs is 1. The predicted molar refractivity (Wildman–Crippen MR) is 95.5 cm³/mol. The molecule has 0 bridgehead atoms. The van der Waals surface area contributed by atoms with Gasteiger partial charge in [0.25, 0.3) is 0 Å². The molecule has 2 aliphatic rings. The van der Waals surface area contributed by atoms with E-state index < -0.39 is 0 Å². The van der Waals surface area contributed by atoms with Gasteiger partial charge in [-0.05, 0) is 48.0 Å². The van der Waals surface area contributed by atoms with Crippen LogP contribution in [0.2, 0.25) is 0 Å². The van der Waals surface area contributed by atoms with Crippen LogP contribution in [0.3, 0.4) is 0 Å². The first-order chi connectivity index (χ1) is 10.2. The first-order valence-electron chi connectivity index (χ1n) is 8.66. The van der Waals surface area contributed by atoms with Crippen molar-refractivity contribution in [1.82, 2.24) is 0 Å². The molecule has 0 N–H and O–H groups in total. The van der Waals surface area contributed by atoms with Crippen LogP contribution in [0, 0.1) is 11.3 Å². The molecule has 0 radical (unpaired) electrons. The Morgan fingerprint density at radius 2 is 1.86 bits per heavy atom. The zero-order valence-electron chi connectivity index (χ0n) is 13.4. The van der Waals surface area contributed by atoms with E-state index >= 15 is 0 Å². The van der Waals surface area contributed by atoms with Gasteiger partial charge in [0.05, 0.1) is 0 Å². The zero-order chi connectivity index (χ0) is 14.7. The molecule has 1 atom stereocenters. The van der Waals surface area contributed by atoms with Crippen LogP contribution in [0.15, 0.2) is 24.3 Å². The van der Waals surface area contributed by atoms with E-state index in [4.69, 9.17) is 12.6 Å². The molecule has 0 amide bonds. The molecule has 1 saturated carbocycles. The number of para-hydroxylation sites is 1. The minimum atomic E-state index is 0.434. The fraction of sp³-hybridized carbons (Fsp3) is 0.684. The van der Waals surface area contributed by atoms with Crippen molar-refractivity contribution in [3.8, 4) is 0 Å². The number of nitrogens with zero attached hydrogens (tertiary/aromatic N) is 1. The third kappa shape index (κ3) is 3.41. The number of anilines is 1. The zero-order valence-corrected chi connectivity index (χ0v) is 14.2. The predicted octanol–water partition coefficient (Wildman–Crippen LogP) is 4.96. The third-order valence-electron chi connectivity index (χ3n) is 5.46. The van der Waals surface area contributed by atoms with Gasteiger partial charge in [-0.2, -0.15) is 12.6 Å². The first kappa shape index (κ1) is 15.3. The fourth-order valence-electron chi connectivity index (χ4n) is 4.31. The Kier molecular flexibility index (Phi) is 4.83. The van der Waals surface area contributed by atoms with Crippen molar-refractivity contribution in [2.24, 2.45) is 11.3 Å². The Morgan fingerprint density at radius 1 is 1.14 bits per heavy atom. The van der Waals surface area contributed by atoms with Gasteiger partial charge in [-0.15, -0.1) is 0 Å². The van der Waals surface area contributed by atoms with E-state index in [2.05, 4.69) is 36.1 Å².